The average Bonchev–Trinajstić information content (AvgIpc) is 3.20. The number of H-pyrrole nitrogens is 1. The molecule has 0 bridgehead atoms. The Labute approximate surface area is 139 Å². The van der Waals surface area contributed by atoms with Gasteiger partial charge in [0.2, 0.25) is 0 Å². The first-order valence-electron chi connectivity index (χ1n) is 7.83. The fourth-order valence-corrected chi connectivity index (χ4v) is 3.51. The lowest BCUT2D eigenvalue weighted by Gasteiger charge is -2.16. The number of para-hydroxylation sites is 1. The van der Waals surface area contributed by atoms with E-state index in [1.165, 1.54) is 11.1 Å². The molecule has 1 aliphatic heterocycles. The third-order valence-corrected chi connectivity index (χ3v) is 4.77. The summed E-state index contributed by atoms with van der Waals surface area (Å²) in [6.45, 7) is 1.53. The largest absolute Gasteiger partial charge is 0.358 e. The van der Waals surface area contributed by atoms with E-state index in [0.717, 1.165) is 25.0 Å². The van der Waals surface area contributed by atoms with Gasteiger partial charge in [-0.05, 0) is 42.1 Å². The number of amides is 1. The highest BCUT2D eigenvalue weighted by molar-refractivity contribution is 6.30. The molecule has 1 unspecified atom stereocenters. The highest BCUT2D eigenvalue weighted by Crippen LogP contribution is 2.30. The molecule has 23 heavy (non-hydrogen) atoms. The molecule has 0 saturated carbocycles. The number of hydrogen-bond acceptors (Lipinski definition) is 1. The molecule has 116 valence electrons. The van der Waals surface area contributed by atoms with Gasteiger partial charge in [0.05, 0.1) is 0 Å². The van der Waals surface area contributed by atoms with Crippen molar-refractivity contribution in [1.82, 2.24) is 9.88 Å². The topological polar surface area (TPSA) is 36.1 Å². The Bertz CT molecular complexity index is 837. The number of nitrogens with zero attached hydrogens (tertiary/aromatic N) is 1. The van der Waals surface area contributed by atoms with Crippen LogP contribution in [0, 0.1) is 0 Å². The standard InChI is InChI=1S/C19H17ClN2O/c20-16-6-3-5-14(10-16)19(23)22-9-8-15(12-22)18-11-13-4-1-2-7-17(13)21-18/h1-7,10-11,15,21H,8-9,12H2. The van der Waals surface area contributed by atoms with Crippen molar-refractivity contribution in [3.8, 4) is 0 Å². The van der Waals surface area contributed by atoms with Crippen LogP contribution >= 0.6 is 11.6 Å². The third kappa shape index (κ3) is 2.73. The summed E-state index contributed by atoms with van der Waals surface area (Å²) in [6.07, 6.45) is 0.985. The number of benzene rings is 2. The first-order valence-corrected chi connectivity index (χ1v) is 8.21. The molecule has 1 fully saturated rings. The van der Waals surface area contributed by atoms with Crippen LogP contribution in [0.2, 0.25) is 5.02 Å². The van der Waals surface area contributed by atoms with Crippen LogP contribution < -0.4 is 0 Å². The summed E-state index contributed by atoms with van der Waals surface area (Å²) in [5.41, 5.74) is 3.03. The summed E-state index contributed by atoms with van der Waals surface area (Å²) < 4.78 is 0. The summed E-state index contributed by atoms with van der Waals surface area (Å²) in [4.78, 5) is 18.0. The van der Waals surface area contributed by atoms with E-state index in [-0.39, 0.29) is 5.91 Å². The molecule has 1 N–H and O–H groups in total. The molecule has 2 heterocycles. The maximum absolute atomic E-state index is 12.6. The Morgan fingerprint density at radius 3 is 2.83 bits per heavy atom. The molecule has 1 aliphatic rings. The van der Waals surface area contributed by atoms with Crippen molar-refractivity contribution in [1.29, 1.82) is 0 Å². The molecular weight excluding hydrogens is 308 g/mol. The van der Waals surface area contributed by atoms with E-state index in [0.29, 0.717) is 16.5 Å². The van der Waals surface area contributed by atoms with Gasteiger partial charge in [0.25, 0.3) is 5.91 Å². The highest BCUT2D eigenvalue weighted by atomic mass is 35.5. The van der Waals surface area contributed by atoms with E-state index in [2.05, 4.69) is 23.2 Å². The van der Waals surface area contributed by atoms with Crippen LogP contribution in [0.15, 0.2) is 54.6 Å². The predicted molar refractivity (Wildman–Crippen MR) is 93.0 cm³/mol. The van der Waals surface area contributed by atoms with Crippen molar-refractivity contribution in [2.24, 2.45) is 0 Å². The fourth-order valence-electron chi connectivity index (χ4n) is 3.32. The molecule has 0 spiro atoms. The first kappa shape index (κ1) is 14.3. The number of carbonyl (C=O) groups is 1. The molecule has 4 rings (SSSR count). The molecule has 2 aromatic carbocycles. The molecule has 1 atom stereocenters. The van der Waals surface area contributed by atoms with E-state index in [1.54, 1.807) is 12.1 Å². The van der Waals surface area contributed by atoms with Crippen LogP contribution in [0.1, 0.15) is 28.4 Å². The van der Waals surface area contributed by atoms with Crippen LogP contribution in [-0.2, 0) is 0 Å². The molecule has 3 aromatic rings. The number of halogens is 1. The maximum Gasteiger partial charge on any atom is 0.253 e. The Balaban J connectivity index is 1.53. The van der Waals surface area contributed by atoms with Gasteiger partial charge in [-0.25, -0.2) is 0 Å². The minimum atomic E-state index is 0.0612. The molecule has 1 saturated heterocycles. The van der Waals surface area contributed by atoms with E-state index < -0.39 is 0 Å². The number of carbonyl (C=O) groups excluding carboxylic acids is 1. The van der Waals surface area contributed by atoms with Crippen molar-refractivity contribution < 1.29 is 4.79 Å². The number of nitrogens with one attached hydrogen (secondary N) is 1. The maximum atomic E-state index is 12.6. The molecular formula is C19H17ClN2O. The van der Waals surface area contributed by atoms with E-state index in [4.69, 9.17) is 11.6 Å². The average molecular weight is 325 g/mol. The van der Waals surface area contributed by atoms with Crippen molar-refractivity contribution in [3.63, 3.8) is 0 Å². The van der Waals surface area contributed by atoms with Gasteiger partial charge in [0.1, 0.15) is 0 Å². The van der Waals surface area contributed by atoms with Crippen molar-refractivity contribution in [3.05, 3.63) is 70.9 Å². The zero-order chi connectivity index (χ0) is 15.8. The van der Waals surface area contributed by atoms with Gasteiger partial charge in [-0.15, -0.1) is 0 Å². The summed E-state index contributed by atoms with van der Waals surface area (Å²) in [7, 11) is 0. The normalized spacial score (nSPS) is 17.8. The molecule has 0 aliphatic carbocycles. The summed E-state index contributed by atoms with van der Waals surface area (Å²) in [5, 5.41) is 1.82. The van der Waals surface area contributed by atoms with Gasteiger partial charge in [0.15, 0.2) is 0 Å². The number of rotatable bonds is 2. The zero-order valence-electron chi connectivity index (χ0n) is 12.6. The second-order valence-corrected chi connectivity index (χ2v) is 6.50. The van der Waals surface area contributed by atoms with Crippen LogP contribution in [-0.4, -0.2) is 28.9 Å². The van der Waals surface area contributed by atoms with Gasteiger partial charge in [0, 0.05) is 40.8 Å². The number of likely N-dealkylation sites (tertiary alicyclic amines) is 1. The number of fused-ring (bicyclic) bond motifs is 1. The van der Waals surface area contributed by atoms with Crippen molar-refractivity contribution in [2.75, 3.05) is 13.1 Å². The molecule has 1 amide bonds. The van der Waals surface area contributed by atoms with Gasteiger partial charge in [-0.3, -0.25) is 4.79 Å². The first-order chi connectivity index (χ1) is 11.2. The quantitative estimate of drug-likeness (QED) is 0.742. The SMILES string of the molecule is O=C(c1cccc(Cl)c1)N1CCC(c2cc3ccccc3[nH]2)C1. The van der Waals surface area contributed by atoms with Crippen LogP contribution in [0.25, 0.3) is 10.9 Å². The third-order valence-electron chi connectivity index (χ3n) is 4.54. The number of hydrogen-bond donors (Lipinski definition) is 1. The zero-order valence-corrected chi connectivity index (χ0v) is 13.4. The van der Waals surface area contributed by atoms with Crippen molar-refractivity contribution >= 4 is 28.4 Å². The Kier molecular flexibility index (Phi) is 3.58. The summed E-state index contributed by atoms with van der Waals surface area (Å²) in [6, 6.07) is 17.6. The lowest BCUT2D eigenvalue weighted by Crippen LogP contribution is -2.28. The molecule has 1 aromatic heterocycles. The minimum Gasteiger partial charge on any atom is -0.358 e. The van der Waals surface area contributed by atoms with E-state index >= 15 is 0 Å². The van der Waals surface area contributed by atoms with Crippen LogP contribution in [0.3, 0.4) is 0 Å². The lowest BCUT2D eigenvalue weighted by molar-refractivity contribution is 0.0790. The van der Waals surface area contributed by atoms with Crippen LogP contribution in [0.4, 0.5) is 0 Å². The minimum absolute atomic E-state index is 0.0612. The summed E-state index contributed by atoms with van der Waals surface area (Å²) in [5.74, 6) is 0.427. The van der Waals surface area contributed by atoms with Gasteiger partial charge in [-0.1, -0.05) is 35.9 Å². The van der Waals surface area contributed by atoms with Gasteiger partial charge < -0.3 is 9.88 Å². The van der Waals surface area contributed by atoms with Crippen molar-refractivity contribution in [2.45, 2.75) is 12.3 Å². The molecule has 3 nitrogen and oxygen atoms in total. The molecule has 4 heteroatoms. The van der Waals surface area contributed by atoms with Gasteiger partial charge in [-0.2, -0.15) is 0 Å². The van der Waals surface area contributed by atoms with E-state index in [9.17, 15) is 4.79 Å². The highest BCUT2D eigenvalue weighted by Gasteiger charge is 2.28. The number of aromatic amines is 1. The Morgan fingerprint density at radius 1 is 1.13 bits per heavy atom. The second-order valence-electron chi connectivity index (χ2n) is 6.06. The Hall–Kier alpha value is -2.26. The fraction of sp³-hybridized carbons (Fsp3) is 0.211. The van der Waals surface area contributed by atoms with E-state index in [1.807, 2.05) is 29.2 Å². The lowest BCUT2D eigenvalue weighted by atomic mass is 10.1. The molecule has 0 radical (unpaired) electrons. The summed E-state index contributed by atoms with van der Waals surface area (Å²) >= 11 is 5.99. The number of aromatic nitrogens is 1. The second kappa shape index (κ2) is 5.74. The monoisotopic (exact) mass is 324 g/mol. The Morgan fingerprint density at radius 2 is 2.00 bits per heavy atom. The van der Waals surface area contributed by atoms with Crippen LogP contribution in [0.5, 0.6) is 0 Å². The predicted octanol–water partition coefficient (Wildman–Crippen LogP) is 4.45. The smallest absolute Gasteiger partial charge is 0.253 e. The van der Waals surface area contributed by atoms with Gasteiger partial charge >= 0.3 is 0 Å².